The van der Waals surface area contributed by atoms with Crippen molar-refractivity contribution in [1.29, 1.82) is 0 Å². The fourth-order valence-corrected chi connectivity index (χ4v) is 5.31. The van der Waals surface area contributed by atoms with Crippen LogP contribution in [0.25, 0.3) is 0 Å². The van der Waals surface area contributed by atoms with Crippen molar-refractivity contribution >= 4 is 23.9 Å². The first-order valence-electron chi connectivity index (χ1n) is 9.93. The van der Waals surface area contributed by atoms with Gasteiger partial charge in [-0.15, -0.1) is 0 Å². The van der Waals surface area contributed by atoms with Crippen LogP contribution in [0, 0.1) is 0 Å². The largest absolute Gasteiger partial charge is 0.330 e. The minimum atomic E-state index is -0.101. The number of carbonyl (C=O) groups excluding carboxylic acids is 1. The van der Waals surface area contributed by atoms with E-state index < -0.39 is 0 Å². The fourth-order valence-electron chi connectivity index (χ4n) is 4.77. The van der Waals surface area contributed by atoms with Crippen molar-refractivity contribution in [3.63, 3.8) is 0 Å². The summed E-state index contributed by atoms with van der Waals surface area (Å²) in [5.74, 6) is 0. The van der Waals surface area contributed by atoms with Crippen LogP contribution in [0.1, 0.15) is 47.9 Å². The topological polar surface area (TPSA) is 47.6 Å². The summed E-state index contributed by atoms with van der Waals surface area (Å²) in [6, 6.07) is 2.89. The van der Waals surface area contributed by atoms with Crippen molar-refractivity contribution < 1.29 is 4.79 Å². The number of likely N-dealkylation sites (N-methyl/N-ethyl adjacent to an activating group) is 2. The van der Waals surface area contributed by atoms with Crippen LogP contribution in [-0.4, -0.2) is 48.5 Å². The molecule has 2 aliphatic carbocycles. The minimum absolute atomic E-state index is 0.101. The third-order valence-corrected chi connectivity index (χ3v) is 6.88. The molecule has 1 aromatic rings. The van der Waals surface area contributed by atoms with Crippen LogP contribution < -0.4 is 10.0 Å². The number of hydrogen-bond acceptors (Lipinski definition) is 4. The average Bonchev–Trinajstić information content (AvgIpc) is 3.34. The van der Waals surface area contributed by atoms with E-state index in [1.807, 2.05) is 0 Å². The van der Waals surface area contributed by atoms with E-state index in [0.29, 0.717) is 6.04 Å². The highest BCUT2D eigenvalue weighted by atomic mass is 32.2. The average molecular weight is 375 g/mol. The molecule has 0 aromatic heterocycles. The third-order valence-electron chi connectivity index (χ3n) is 6.15. The molecule has 5 nitrogen and oxygen atoms in total. The predicted octanol–water partition coefficient (Wildman–Crippen LogP) is 3.37. The Labute approximate surface area is 161 Å². The van der Waals surface area contributed by atoms with Gasteiger partial charge in [0.25, 0.3) is 0 Å². The van der Waals surface area contributed by atoms with Gasteiger partial charge in [-0.25, -0.2) is 9.10 Å². The summed E-state index contributed by atoms with van der Waals surface area (Å²) in [5, 5.41) is 3.19. The zero-order chi connectivity index (χ0) is 18.1. The highest BCUT2D eigenvalue weighted by Gasteiger charge is 2.25. The predicted molar refractivity (Wildman–Crippen MR) is 109 cm³/mol. The second-order valence-corrected chi connectivity index (χ2v) is 8.98. The van der Waals surface area contributed by atoms with Crippen molar-refractivity contribution in [3.05, 3.63) is 28.3 Å². The minimum Gasteiger partial charge on any atom is -0.307 e. The zero-order valence-corrected chi connectivity index (χ0v) is 16.8. The number of benzene rings is 1. The van der Waals surface area contributed by atoms with Gasteiger partial charge in [-0.2, -0.15) is 0 Å². The Bertz CT molecular complexity index is 661. The fraction of sp³-hybridized carbons (Fsp3) is 0.650. The van der Waals surface area contributed by atoms with E-state index >= 15 is 0 Å². The van der Waals surface area contributed by atoms with Crippen LogP contribution in [-0.2, 0) is 25.7 Å². The Morgan fingerprint density at radius 2 is 1.88 bits per heavy atom. The van der Waals surface area contributed by atoms with Crippen LogP contribution in [0.4, 0.5) is 10.5 Å². The molecule has 4 rings (SSSR count). The number of rotatable bonds is 5. The van der Waals surface area contributed by atoms with Crippen LogP contribution in [0.2, 0.25) is 0 Å². The van der Waals surface area contributed by atoms with Gasteiger partial charge < -0.3 is 10.2 Å². The summed E-state index contributed by atoms with van der Waals surface area (Å²) < 4.78 is 5.11. The van der Waals surface area contributed by atoms with Gasteiger partial charge >= 0.3 is 6.03 Å². The molecule has 142 valence electrons. The van der Waals surface area contributed by atoms with E-state index in [2.05, 4.69) is 39.4 Å². The molecule has 2 N–H and O–H groups in total. The van der Waals surface area contributed by atoms with Crippen molar-refractivity contribution in [1.82, 2.24) is 13.9 Å². The summed E-state index contributed by atoms with van der Waals surface area (Å²) in [6.07, 6.45) is 9.45. The lowest BCUT2D eigenvalue weighted by molar-refractivity contribution is 0.256. The SMILES string of the molecule is CN(CC1CCCN1C)SNC(=O)Nc1c2c(cc3c1CCC3)CCC2. The highest BCUT2D eigenvalue weighted by molar-refractivity contribution is 7.95. The lowest BCUT2D eigenvalue weighted by Gasteiger charge is -2.24. The maximum atomic E-state index is 12.5. The van der Waals surface area contributed by atoms with E-state index in [-0.39, 0.29) is 6.03 Å². The van der Waals surface area contributed by atoms with Gasteiger partial charge in [0.2, 0.25) is 0 Å². The van der Waals surface area contributed by atoms with Crippen molar-refractivity contribution in [2.75, 3.05) is 32.5 Å². The zero-order valence-electron chi connectivity index (χ0n) is 15.9. The molecule has 1 heterocycles. The number of hydrogen-bond donors (Lipinski definition) is 2. The number of anilines is 1. The van der Waals surface area contributed by atoms with Crippen LogP contribution in [0.5, 0.6) is 0 Å². The normalized spacial score (nSPS) is 21.9. The van der Waals surface area contributed by atoms with Crippen molar-refractivity contribution in [3.8, 4) is 0 Å². The van der Waals surface area contributed by atoms with E-state index in [1.54, 1.807) is 0 Å². The smallest absolute Gasteiger partial charge is 0.307 e. The van der Waals surface area contributed by atoms with Crippen molar-refractivity contribution in [2.24, 2.45) is 0 Å². The Morgan fingerprint density at radius 3 is 2.50 bits per heavy atom. The molecule has 0 spiro atoms. The van der Waals surface area contributed by atoms with Crippen LogP contribution in [0.15, 0.2) is 6.07 Å². The molecule has 6 heteroatoms. The second-order valence-electron chi connectivity index (χ2n) is 7.97. The summed E-state index contributed by atoms with van der Waals surface area (Å²) in [7, 11) is 4.24. The van der Waals surface area contributed by atoms with Gasteiger partial charge in [0, 0.05) is 30.4 Å². The molecular weight excluding hydrogens is 344 g/mol. The number of aryl methyl sites for hydroxylation is 2. The summed E-state index contributed by atoms with van der Waals surface area (Å²) in [6.45, 7) is 2.15. The first kappa shape index (κ1) is 18.1. The molecule has 1 fully saturated rings. The Balaban J connectivity index is 1.35. The number of nitrogens with one attached hydrogen (secondary N) is 2. The molecule has 0 radical (unpaired) electrons. The molecule has 1 unspecified atom stereocenters. The number of urea groups is 1. The molecule has 3 aliphatic rings. The van der Waals surface area contributed by atoms with Gasteiger partial charge in [0.1, 0.15) is 0 Å². The molecule has 26 heavy (non-hydrogen) atoms. The maximum Gasteiger partial charge on any atom is 0.330 e. The van der Waals surface area contributed by atoms with E-state index in [4.69, 9.17) is 0 Å². The second kappa shape index (κ2) is 7.79. The van der Waals surface area contributed by atoms with Gasteiger partial charge in [-0.1, -0.05) is 6.07 Å². The standard InChI is InChI=1S/C20H30N4OS/c1-23-11-5-8-16(23)13-24(2)26-22-20(25)21-19-17-9-3-6-14(17)12-15-7-4-10-18(15)19/h12,16H,3-11,13H2,1-2H3,(H2,21,22,25). The molecule has 1 aromatic carbocycles. The molecular formula is C20H30N4OS. The third kappa shape index (κ3) is 3.73. The van der Waals surface area contributed by atoms with E-state index in [0.717, 1.165) is 37.9 Å². The maximum absolute atomic E-state index is 12.5. The summed E-state index contributed by atoms with van der Waals surface area (Å²) in [4.78, 5) is 14.9. The lowest BCUT2D eigenvalue weighted by atomic mass is 9.99. The number of fused-ring (bicyclic) bond motifs is 2. The van der Waals surface area contributed by atoms with Crippen LogP contribution in [0.3, 0.4) is 0 Å². The molecule has 0 bridgehead atoms. The van der Waals surface area contributed by atoms with Gasteiger partial charge in [0.15, 0.2) is 0 Å². The lowest BCUT2D eigenvalue weighted by Crippen LogP contribution is -2.36. The number of amides is 2. The Morgan fingerprint density at radius 1 is 1.19 bits per heavy atom. The summed E-state index contributed by atoms with van der Waals surface area (Å²) in [5.41, 5.74) is 6.78. The number of nitrogens with zero attached hydrogens (tertiary/aromatic N) is 2. The van der Waals surface area contributed by atoms with Gasteiger partial charge in [-0.3, -0.25) is 4.72 Å². The van der Waals surface area contributed by atoms with Crippen LogP contribution >= 0.6 is 12.1 Å². The monoisotopic (exact) mass is 374 g/mol. The molecule has 1 atom stereocenters. The first-order chi connectivity index (χ1) is 12.6. The number of carbonyl (C=O) groups is 1. The number of likely N-dealkylation sites (tertiary alicyclic amines) is 1. The molecule has 1 aliphatic heterocycles. The van der Waals surface area contributed by atoms with Gasteiger partial charge in [-0.05, 0) is 94.3 Å². The van der Waals surface area contributed by atoms with E-state index in [9.17, 15) is 4.79 Å². The Kier molecular flexibility index (Phi) is 5.43. The highest BCUT2D eigenvalue weighted by Crippen LogP contribution is 2.38. The quantitative estimate of drug-likeness (QED) is 0.776. The Hall–Kier alpha value is -1.24. The van der Waals surface area contributed by atoms with Crippen molar-refractivity contribution in [2.45, 2.75) is 57.4 Å². The first-order valence-corrected chi connectivity index (χ1v) is 10.7. The van der Waals surface area contributed by atoms with E-state index in [1.165, 1.54) is 66.6 Å². The summed E-state index contributed by atoms with van der Waals surface area (Å²) >= 11 is 1.40. The molecule has 2 amide bonds. The molecule has 1 saturated heterocycles. The molecule has 0 saturated carbocycles. The van der Waals surface area contributed by atoms with Gasteiger partial charge in [0.05, 0.1) is 0 Å².